The topological polar surface area (TPSA) is 9.23 Å². The fourth-order valence-corrected chi connectivity index (χ4v) is 2.81. The summed E-state index contributed by atoms with van der Waals surface area (Å²) in [5.41, 5.74) is 1.14. The number of halogens is 2. The van der Waals surface area contributed by atoms with Gasteiger partial charge in [0.15, 0.2) is 0 Å². The highest BCUT2D eigenvalue weighted by atomic mass is 79.9. The van der Waals surface area contributed by atoms with Gasteiger partial charge in [-0.15, -0.1) is 0 Å². The zero-order valence-electron chi connectivity index (χ0n) is 8.82. The normalized spacial score (nSPS) is 11.6. The molecule has 0 amide bonds. The molecule has 0 saturated heterocycles. The Kier molecular flexibility index (Phi) is 3.67. The molecular formula is C10H14BrClOSi. The van der Waals surface area contributed by atoms with Crippen LogP contribution >= 0.6 is 27.5 Å². The number of aryl methyl sites for hydroxylation is 1. The molecular weight excluding hydrogens is 280 g/mol. The van der Waals surface area contributed by atoms with E-state index in [4.69, 9.17) is 16.0 Å². The lowest BCUT2D eigenvalue weighted by atomic mass is 10.2. The summed E-state index contributed by atoms with van der Waals surface area (Å²) in [7, 11) is -1.60. The monoisotopic (exact) mass is 292 g/mol. The fourth-order valence-electron chi connectivity index (χ4n) is 1.03. The van der Waals surface area contributed by atoms with E-state index in [-0.39, 0.29) is 0 Å². The van der Waals surface area contributed by atoms with Gasteiger partial charge in [-0.3, -0.25) is 0 Å². The van der Waals surface area contributed by atoms with Crippen molar-refractivity contribution in [2.24, 2.45) is 0 Å². The molecule has 0 saturated carbocycles. The SMILES string of the molecule is Cc1ccc(Cl)c(O[Si](C)(C)C)c1Br. The molecule has 1 rings (SSSR count). The average Bonchev–Trinajstić information content (AvgIpc) is 2.04. The van der Waals surface area contributed by atoms with E-state index in [0.29, 0.717) is 5.02 Å². The Morgan fingerprint density at radius 1 is 1.29 bits per heavy atom. The first kappa shape index (κ1) is 12.1. The van der Waals surface area contributed by atoms with Gasteiger partial charge in [-0.2, -0.15) is 0 Å². The Hall–Kier alpha value is 0.00688. The number of rotatable bonds is 2. The van der Waals surface area contributed by atoms with Crippen LogP contribution in [0, 0.1) is 6.92 Å². The highest BCUT2D eigenvalue weighted by molar-refractivity contribution is 9.10. The third-order valence-electron chi connectivity index (χ3n) is 1.65. The van der Waals surface area contributed by atoms with E-state index in [0.717, 1.165) is 15.8 Å². The molecule has 0 aliphatic heterocycles. The van der Waals surface area contributed by atoms with Crippen molar-refractivity contribution in [3.05, 3.63) is 27.2 Å². The van der Waals surface area contributed by atoms with E-state index >= 15 is 0 Å². The van der Waals surface area contributed by atoms with E-state index < -0.39 is 8.32 Å². The second-order valence-electron chi connectivity index (χ2n) is 4.22. The third-order valence-corrected chi connectivity index (χ3v) is 3.75. The summed E-state index contributed by atoms with van der Waals surface area (Å²) in [4.78, 5) is 0. The maximum Gasteiger partial charge on any atom is 0.242 e. The summed E-state index contributed by atoms with van der Waals surface area (Å²) in [6.45, 7) is 8.44. The van der Waals surface area contributed by atoms with Crippen LogP contribution in [0.15, 0.2) is 16.6 Å². The lowest BCUT2D eigenvalue weighted by molar-refractivity contribution is 0.554. The van der Waals surface area contributed by atoms with Crippen molar-refractivity contribution >= 4 is 35.8 Å². The van der Waals surface area contributed by atoms with Gasteiger partial charge < -0.3 is 4.43 Å². The van der Waals surface area contributed by atoms with Crippen LogP contribution in [0.5, 0.6) is 5.75 Å². The van der Waals surface area contributed by atoms with Gasteiger partial charge in [-0.1, -0.05) is 17.7 Å². The molecule has 1 nitrogen and oxygen atoms in total. The minimum atomic E-state index is -1.60. The average molecular weight is 294 g/mol. The predicted octanol–water partition coefficient (Wildman–Crippen LogP) is 4.62. The first-order valence-corrected chi connectivity index (χ1v) is 9.03. The first-order valence-electron chi connectivity index (χ1n) is 4.45. The van der Waals surface area contributed by atoms with E-state index in [1.807, 2.05) is 19.1 Å². The van der Waals surface area contributed by atoms with Gasteiger partial charge in [-0.25, -0.2) is 0 Å². The smallest absolute Gasteiger partial charge is 0.242 e. The first-order chi connectivity index (χ1) is 6.31. The van der Waals surface area contributed by atoms with Crippen LogP contribution in [0.4, 0.5) is 0 Å². The molecule has 0 bridgehead atoms. The molecule has 1 aromatic carbocycles. The van der Waals surface area contributed by atoms with Crippen LogP contribution in [-0.2, 0) is 0 Å². The summed E-state index contributed by atoms with van der Waals surface area (Å²) in [6.07, 6.45) is 0. The van der Waals surface area contributed by atoms with E-state index in [9.17, 15) is 0 Å². The van der Waals surface area contributed by atoms with Crippen LogP contribution in [0.25, 0.3) is 0 Å². The lowest BCUT2D eigenvalue weighted by Crippen LogP contribution is -2.29. The maximum atomic E-state index is 6.07. The van der Waals surface area contributed by atoms with Crippen LogP contribution < -0.4 is 4.43 Å². The quantitative estimate of drug-likeness (QED) is 0.723. The standard InChI is InChI=1S/C10H14BrClOSi/c1-7-5-6-8(12)10(9(7)11)13-14(2,3)4/h5-6H,1-4H3. The van der Waals surface area contributed by atoms with Gasteiger partial charge in [0.25, 0.3) is 0 Å². The number of hydrogen-bond donors (Lipinski definition) is 0. The largest absolute Gasteiger partial charge is 0.543 e. The van der Waals surface area contributed by atoms with Gasteiger partial charge in [0.2, 0.25) is 8.32 Å². The molecule has 0 spiro atoms. The summed E-state index contributed by atoms with van der Waals surface area (Å²) < 4.78 is 6.87. The van der Waals surface area contributed by atoms with Crippen molar-refractivity contribution in [2.45, 2.75) is 26.6 Å². The third kappa shape index (κ3) is 3.00. The van der Waals surface area contributed by atoms with Crippen molar-refractivity contribution in [2.75, 3.05) is 0 Å². The van der Waals surface area contributed by atoms with Gasteiger partial charge in [-0.05, 0) is 54.1 Å². The van der Waals surface area contributed by atoms with Gasteiger partial charge in [0, 0.05) is 0 Å². The summed E-state index contributed by atoms with van der Waals surface area (Å²) >= 11 is 9.57. The van der Waals surface area contributed by atoms with Gasteiger partial charge >= 0.3 is 0 Å². The Bertz CT molecular complexity index is 347. The molecule has 0 aliphatic carbocycles. The van der Waals surface area contributed by atoms with Gasteiger partial charge in [0.1, 0.15) is 5.75 Å². The van der Waals surface area contributed by atoms with Crippen molar-refractivity contribution in [1.29, 1.82) is 0 Å². The molecule has 4 heteroatoms. The minimum absolute atomic E-state index is 0.671. The molecule has 0 N–H and O–H groups in total. The fraction of sp³-hybridized carbons (Fsp3) is 0.400. The Labute approximate surface area is 99.7 Å². The van der Waals surface area contributed by atoms with Crippen molar-refractivity contribution in [3.63, 3.8) is 0 Å². The molecule has 0 heterocycles. The molecule has 0 unspecified atom stereocenters. The number of hydrogen-bond acceptors (Lipinski definition) is 1. The van der Waals surface area contributed by atoms with E-state index in [1.165, 1.54) is 0 Å². The minimum Gasteiger partial charge on any atom is -0.543 e. The van der Waals surface area contributed by atoms with Crippen LogP contribution in [0.2, 0.25) is 24.7 Å². The second-order valence-corrected chi connectivity index (χ2v) is 9.85. The van der Waals surface area contributed by atoms with Crippen LogP contribution in [0.1, 0.15) is 5.56 Å². The molecule has 0 radical (unpaired) electrons. The van der Waals surface area contributed by atoms with E-state index in [2.05, 4.69) is 35.6 Å². The zero-order valence-corrected chi connectivity index (χ0v) is 12.2. The number of benzene rings is 1. The van der Waals surface area contributed by atoms with E-state index in [1.54, 1.807) is 0 Å². The van der Waals surface area contributed by atoms with Crippen molar-refractivity contribution < 1.29 is 4.43 Å². The molecule has 0 atom stereocenters. The van der Waals surface area contributed by atoms with Crippen LogP contribution in [-0.4, -0.2) is 8.32 Å². The van der Waals surface area contributed by atoms with Crippen LogP contribution in [0.3, 0.4) is 0 Å². The summed E-state index contributed by atoms with van der Waals surface area (Å²) in [6, 6.07) is 3.85. The lowest BCUT2D eigenvalue weighted by Gasteiger charge is -2.21. The molecule has 1 aromatic rings. The highest BCUT2D eigenvalue weighted by Gasteiger charge is 2.20. The van der Waals surface area contributed by atoms with Gasteiger partial charge in [0.05, 0.1) is 9.50 Å². The highest BCUT2D eigenvalue weighted by Crippen LogP contribution is 2.36. The molecule has 78 valence electrons. The summed E-state index contributed by atoms with van der Waals surface area (Å²) in [5, 5.41) is 0.671. The zero-order chi connectivity index (χ0) is 10.9. The second kappa shape index (κ2) is 4.25. The predicted molar refractivity (Wildman–Crippen MR) is 67.9 cm³/mol. The molecule has 0 aromatic heterocycles. The summed E-state index contributed by atoms with van der Waals surface area (Å²) in [5.74, 6) is 0.783. The van der Waals surface area contributed by atoms with Crippen molar-refractivity contribution in [1.82, 2.24) is 0 Å². The Morgan fingerprint density at radius 3 is 2.36 bits per heavy atom. The Morgan fingerprint density at radius 2 is 1.86 bits per heavy atom. The maximum absolute atomic E-state index is 6.07. The molecule has 0 fully saturated rings. The molecule has 14 heavy (non-hydrogen) atoms. The molecule has 0 aliphatic rings. The van der Waals surface area contributed by atoms with Crippen molar-refractivity contribution in [3.8, 4) is 5.75 Å². The Balaban J connectivity index is 3.13.